The lowest BCUT2D eigenvalue weighted by Gasteiger charge is -2.47. The van der Waals surface area contributed by atoms with Gasteiger partial charge in [0.05, 0.1) is 5.41 Å². The fourth-order valence-electron chi connectivity index (χ4n) is 6.80. The third-order valence-corrected chi connectivity index (χ3v) is 8.61. The molecule has 0 amide bonds. The van der Waals surface area contributed by atoms with Crippen LogP contribution < -0.4 is 0 Å². The molecule has 0 bridgehead atoms. The molecule has 2 aromatic carbocycles. The number of ketones is 1. The van der Waals surface area contributed by atoms with Crippen molar-refractivity contribution in [1.82, 2.24) is 0 Å². The fraction of sp³-hybridized carbons (Fsp3) is 0.229. The third kappa shape index (κ3) is 3.70. The number of aliphatic hydroxyl groups is 1. The number of carbonyl (C=O) groups is 1. The van der Waals surface area contributed by atoms with E-state index in [2.05, 4.69) is 86.0 Å². The first-order valence-corrected chi connectivity index (χ1v) is 13.2. The smallest absolute Gasteiger partial charge is 0.159 e. The van der Waals surface area contributed by atoms with Gasteiger partial charge in [0.2, 0.25) is 0 Å². The molecular weight excluding hydrogens is 452 g/mol. The summed E-state index contributed by atoms with van der Waals surface area (Å²) in [6.45, 7) is 8.05. The lowest BCUT2D eigenvalue weighted by Crippen LogP contribution is -2.39. The second-order valence-electron chi connectivity index (χ2n) is 10.6. The molecule has 2 heteroatoms. The van der Waals surface area contributed by atoms with Gasteiger partial charge in [-0.25, -0.2) is 0 Å². The second-order valence-corrected chi connectivity index (χ2v) is 10.6. The number of rotatable bonds is 4. The van der Waals surface area contributed by atoms with Gasteiger partial charge in [-0.15, -0.1) is 0 Å². The molecule has 4 atom stereocenters. The van der Waals surface area contributed by atoms with E-state index in [-0.39, 0.29) is 17.6 Å². The van der Waals surface area contributed by atoms with Gasteiger partial charge in [-0.2, -0.15) is 0 Å². The molecule has 0 fully saturated rings. The van der Waals surface area contributed by atoms with Crippen LogP contribution in [-0.2, 0) is 10.2 Å². The fourth-order valence-corrected chi connectivity index (χ4v) is 6.80. The minimum Gasteiger partial charge on any atom is -0.384 e. The average molecular weight is 485 g/mol. The quantitative estimate of drug-likeness (QED) is 0.487. The molecule has 2 nitrogen and oxygen atoms in total. The number of aliphatic hydroxyl groups excluding tert-OH is 1. The van der Waals surface area contributed by atoms with Crippen molar-refractivity contribution < 1.29 is 9.90 Å². The molecule has 0 saturated carbocycles. The molecule has 0 aromatic heterocycles. The SMILES string of the molecule is C=Cc1ccc(C2(C3=CCC(C4CC(=C)C=CC4=O)C=C3)C3=C(C=CCC3)C(O)c3ccccc32)cc1. The molecule has 2 aromatic rings. The van der Waals surface area contributed by atoms with E-state index >= 15 is 0 Å². The van der Waals surface area contributed by atoms with Crippen molar-refractivity contribution in [2.24, 2.45) is 11.8 Å². The number of carbonyl (C=O) groups excluding carboxylic acids is 1. The van der Waals surface area contributed by atoms with Gasteiger partial charge in [0.1, 0.15) is 6.10 Å². The highest BCUT2D eigenvalue weighted by molar-refractivity contribution is 5.94. The van der Waals surface area contributed by atoms with Crippen LogP contribution >= 0.6 is 0 Å². The average Bonchev–Trinajstić information content (AvgIpc) is 2.95. The summed E-state index contributed by atoms with van der Waals surface area (Å²) >= 11 is 0. The van der Waals surface area contributed by atoms with Crippen LogP contribution in [0.15, 0.2) is 127 Å². The van der Waals surface area contributed by atoms with E-state index in [1.54, 1.807) is 6.08 Å². The first kappa shape index (κ1) is 23.6. The molecule has 4 aliphatic rings. The Hall–Kier alpha value is -3.75. The number of fused-ring (bicyclic) bond motifs is 1. The first-order chi connectivity index (χ1) is 18.0. The zero-order chi connectivity index (χ0) is 25.6. The van der Waals surface area contributed by atoms with E-state index in [4.69, 9.17) is 0 Å². The molecule has 37 heavy (non-hydrogen) atoms. The number of allylic oxidation sites excluding steroid dienone is 9. The molecule has 1 N–H and O–H groups in total. The lowest BCUT2D eigenvalue weighted by atomic mass is 9.56. The molecule has 0 spiro atoms. The second kappa shape index (κ2) is 9.28. The maximum Gasteiger partial charge on any atom is 0.159 e. The van der Waals surface area contributed by atoms with Crippen LogP contribution in [0.3, 0.4) is 0 Å². The number of hydrogen-bond donors (Lipinski definition) is 1. The van der Waals surface area contributed by atoms with Crippen molar-refractivity contribution in [3.63, 3.8) is 0 Å². The molecule has 184 valence electrons. The number of benzene rings is 2. The molecule has 4 unspecified atom stereocenters. The van der Waals surface area contributed by atoms with Crippen molar-refractivity contribution in [2.45, 2.75) is 37.2 Å². The summed E-state index contributed by atoms with van der Waals surface area (Å²) in [5.74, 6) is 0.298. The molecule has 4 aliphatic carbocycles. The number of hydrogen-bond acceptors (Lipinski definition) is 2. The Kier molecular flexibility index (Phi) is 5.93. The molecule has 0 radical (unpaired) electrons. The summed E-state index contributed by atoms with van der Waals surface area (Å²) in [5.41, 5.74) is 8.39. The summed E-state index contributed by atoms with van der Waals surface area (Å²) in [6, 6.07) is 17.0. The Morgan fingerprint density at radius 3 is 2.57 bits per heavy atom. The van der Waals surface area contributed by atoms with Gasteiger partial charge in [-0.05, 0) is 76.7 Å². The molecular formula is C35H32O2. The molecule has 6 rings (SSSR count). The summed E-state index contributed by atoms with van der Waals surface area (Å²) < 4.78 is 0. The first-order valence-electron chi connectivity index (χ1n) is 13.2. The van der Waals surface area contributed by atoms with E-state index in [0.29, 0.717) is 0 Å². The van der Waals surface area contributed by atoms with Gasteiger partial charge >= 0.3 is 0 Å². The standard InChI is InChI=1S/C35H32O2/c1-3-24-13-17-26(18-14-24)35(27-19-15-25(16-20-27)30-22-23(2)12-21-33(30)36)31-10-6-4-8-28(31)34(37)29-9-5-7-11-32(29)35/h3-6,8-10,12-15,17-21,25,30,34,37H,1-2,7,11,16,22H2. The van der Waals surface area contributed by atoms with Crippen LogP contribution in [0.5, 0.6) is 0 Å². The van der Waals surface area contributed by atoms with Gasteiger partial charge in [0, 0.05) is 5.92 Å². The van der Waals surface area contributed by atoms with Crippen LogP contribution in [0, 0.1) is 11.8 Å². The zero-order valence-electron chi connectivity index (χ0n) is 21.1. The van der Waals surface area contributed by atoms with Gasteiger partial charge in [0.15, 0.2) is 5.78 Å². The van der Waals surface area contributed by atoms with Crippen LogP contribution in [0.2, 0.25) is 0 Å². The summed E-state index contributed by atoms with van der Waals surface area (Å²) in [6.07, 6.45) is 19.3. The van der Waals surface area contributed by atoms with Crippen molar-refractivity contribution >= 4 is 11.9 Å². The van der Waals surface area contributed by atoms with Crippen molar-refractivity contribution in [2.75, 3.05) is 0 Å². The van der Waals surface area contributed by atoms with E-state index in [1.807, 2.05) is 18.2 Å². The highest BCUT2D eigenvalue weighted by Crippen LogP contribution is 2.57. The van der Waals surface area contributed by atoms with Crippen molar-refractivity contribution in [3.05, 3.63) is 149 Å². The minimum atomic E-state index is -0.637. The van der Waals surface area contributed by atoms with E-state index in [9.17, 15) is 9.90 Å². The summed E-state index contributed by atoms with van der Waals surface area (Å²) in [7, 11) is 0. The van der Waals surface area contributed by atoms with Crippen LogP contribution in [0.25, 0.3) is 6.08 Å². The lowest BCUT2D eigenvalue weighted by molar-refractivity contribution is -0.119. The predicted octanol–water partition coefficient (Wildman–Crippen LogP) is 7.51. The van der Waals surface area contributed by atoms with Crippen molar-refractivity contribution in [1.29, 1.82) is 0 Å². The molecule has 0 aliphatic heterocycles. The van der Waals surface area contributed by atoms with E-state index < -0.39 is 11.5 Å². The van der Waals surface area contributed by atoms with E-state index in [1.165, 1.54) is 16.7 Å². The highest BCUT2D eigenvalue weighted by atomic mass is 16.3. The largest absolute Gasteiger partial charge is 0.384 e. The van der Waals surface area contributed by atoms with Crippen LogP contribution in [0.4, 0.5) is 0 Å². The van der Waals surface area contributed by atoms with Gasteiger partial charge in [0.25, 0.3) is 0 Å². The highest BCUT2D eigenvalue weighted by Gasteiger charge is 2.48. The zero-order valence-corrected chi connectivity index (χ0v) is 21.1. The maximum atomic E-state index is 12.7. The van der Waals surface area contributed by atoms with Gasteiger partial charge in [-0.3, -0.25) is 4.79 Å². The summed E-state index contributed by atoms with van der Waals surface area (Å²) in [4.78, 5) is 12.7. The predicted molar refractivity (Wildman–Crippen MR) is 151 cm³/mol. The molecule has 0 heterocycles. The Balaban J connectivity index is 1.54. The monoisotopic (exact) mass is 484 g/mol. The Labute approximate surface area is 219 Å². The van der Waals surface area contributed by atoms with Gasteiger partial charge < -0.3 is 5.11 Å². The summed E-state index contributed by atoms with van der Waals surface area (Å²) in [5, 5.41) is 11.5. The Morgan fingerprint density at radius 1 is 1.00 bits per heavy atom. The maximum absolute atomic E-state index is 12.7. The Morgan fingerprint density at radius 2 is 1.81 bits per heavy atom. The normalized spacial score (nSPS) is 28.6. The third-order valence-electron chi connectivity index (χ3n) is 8.61. The topological polar surface area (TPSA) is 37.3 Å². The van der Waals surface area contributed by atoms with Crippen LogP contribution in [0.1, 0.15) is 54.0 Å². The van der Waals surface area contributed by atoms with Gasteiger partial charge in [-0.1, -0.05) is 110 Å². The van der Waals surface area contributed by atoms with Crippen molar-refractivity contribution in [3.8, 4) is 0 Å². The molecule has 0 saturated heterocycles. The van der Waals surface area contributed by atoms with E-state index in [0.717, 1.165) is 53.5 Å². The van der Waals surface area contributed by atoms with Crippen LogP contribution in [-0.4, -0.2) is 10.9 Å². The Bertz CT molecular complexity index is 1440. The minimum absolute atomic E-state index is 0.0535.